The summed E-state index contributed by atoms with van der Waals surface area (Å²) in [7, 11) is 1.59. The molecule has 2 amide bonds. The van der Waals surface area contributed by atoms with E-state index in [9.17, 15) is 9.59 Å². The number of hydrogen-bond acceptors (Lipinski definition) is 5. The first-order chi connectivity index (χ1) is 13.6. The highest BCUT2D eigenvalue weighted by Crippen LogP contribution is 2.37. The van der Waals surface area contributed by atoms with Gasteiger partial charge in [0.1, 0.15) is 11.4 Å². The molecule has 2 aliphatic heterocycles. The van der Waals surface area contributed by atoms with Gasteiger partial charge < -0.3 is 14.4 Å². The fraction of sp³-hybridized carbons (Fsp3) is 0.545. The number of benzene rings is 1. The summed E-state index contributed by atoms with van der Waals surface area (Å²) in [6.45, 7) is 7.24. The van der Waals surface area contributed by atoms with Crippen molar-refractivity contribution < 1.29 is 19.1 Å². The predicted octanol–water partition coefficient (Wildman–Crippen LogP) is 2.93. The fourth-order valence-electron chi connectivity index (χ4n) is 4.02. The second kappa shape index (κ2) is 9.24. The lowest BCUT2D eigenvalue weighted by atomic mass is 9.97. The second-order valence-corrected chi connectivity index (χ2v) is 7.43. The van der Waals surface area contributed by atoms with E-state index >= 15 is 0 Å². The molecule has 0 spiro atoms. The summed E-state index contributed by atoms with van der Waals surface area (Å²) in [5, 5.41) is 0. The van der Waals surface area contributed by atoms with Gasteiger partial charge in [-0.25, -0.2) is 0 Å². The number of rotatable bonds is 8. The van der Waals surface area contributed by atoms with Gasteiger partial charge in [0.05, 0.1) is 12.7 Å². The molecular weight excluding hydrogens is 356 g/mol. The van der Waals surface area contributed by atoms with Crippen molar-refractivity contribution in [3.05, 3.63) is 35.5 Å². The lowest BCUT2D eigenvalue weighted by Crippen LogP contribution is -2.39. The maximum atomic E-state index is 13.3. The summed E-state index contributed by atoms with van der Waals surface area (Å²) in [5.41, 5.74) is 1.68. The van der Waals surface area contributed by atoms with Crippen LogP contribution in [-0.4, -0.2) is 61.6 Å². The monoisotopic (exact) mass is 386 g/mol. The van der Waals surface area contributed by atoms with E-state index in [2.05, 4.69) is 11.8 Å². The summed E-state index contributed by atoms with van der Waals surface area (Å²) in [6.07, 6.45) is 2.80. The molecule has 2 heterocycles. The van der Waals surface area contributed by atoms with Crippen LogP contribution in [0.3, 0.4) is 0 Å². The van der Waals surface area contributed by atoms with Crippen LogP contribution in [0.25, 0.3) is 5.57 Å². The zero-order valence-corrected chi connectivity index (χ0v) is 17.1. The standard InChI is InChI=1S/C22H30N2O4/c1-4-28-14-8-13-24-21(25)19(17-10-5-6-11-18(17)27-3)20(22(24)26)23-12-7-9-16(2)15-23/h5-6,10-11,16H,4,7-9,12-15H2,1-3H3. The quantitative estimate of drug-likeness (QED) is 0.508. The highest BCUT2D eigenvalue weighted by molar-refractivity contribution is 6.36. The van der Waals surface area contributed by atoms with E-state index in [1.54, 1.807) is 7.11 Å². The van der Waals surface area contributed by atoms with Crippen molar-refractivity contribution in [1.29, 1.82) is 0 Å². The van der Waals surface area contributed by atoms with Crippen LogP contribution in [0.5, 0.6) is 5.75 Å². The Morgan fingerprint density at radius 1 is 1.18 bits per heavy atom. The molecule has 1 atom stereocenters. The molecular formula is C22H30N2O4. The van der Waals surface area contributed by atoms with Gasteiger partial charge in [-0.05, 0) is 38.2 Å². The Labute approximate surface area is 167 Å². The molecule has 1 saturated heterocycles. The molecule has 2 aliphatic rings. The van der Waals surface area contributed by atoms with E-state index in [4.69, 9.17) is 9.47 Å². The van der Waals surface area contributed by atoms with Crippen LogP contribution in [0, 0.1) is 5.92 Å². The minimum Gasteiger partial charge on any atom is -0.496 e. The minimum absolute atomic E-state index is 0.198. The normalized spacial score (nSPS) is 20.3. The van der Waals surface area contributed by atoms with Gasteiger partial charge in [-0.3, -0.25) is 14.5 Å². The van der Waals surface area contributed by atoms with Gasteiger partial charge in [0.15, 0.2) is 0 Å². The third-order valence-electron chi connectivity index (χ3n) is 5.37. The average Bonchev–Trinajstić information content (AvgIpc) is 2.95. The number of piperidine rings is 1. The first-order valence-electron chi connectivity index (χ1n) is 10.1. The lowest BCUT2D eigenvalue weighted by molar-refractivity contribution is -0.137. The number of carbonyl (C=O) groups is 2. The minimum atomic E-state index is -0.237. The van der Waals surface area contributed by atoms with E-state index in [-0.39, 0.29) is 11.8 Å². The summed E-state index contributed by atoms with van der Waals surface area (Å²) in [5.74, 6) is 0.670. The van der Waals surface area contributed by atoms with E-state index < -0.39 is 0 Å². The molecule has 6 heteroatoms. The van der Waals surface area contributed by atoms with Gasteiger partial charge in [0, 0.05) is 38.4 Å². The molecule has 1 aromatic carbocycles. The Kier molecular flexibility index (Phi) is 6.73. The highest BCUT2D eigenvalue weighted by Gasteiger charge is 2.42. The van der Waals surface area contributed by atoms with Crippen LogP contribution in [0.2, 0.25) is 0 Å². The molecule has 1 fully saturated rings. The maximum Gasteiger partial charge on any atom is 0.277 e. The number of hydrogen-bond donors (Lipinski definition) is 0. The molecule has 152 valence electrons. The van der Waals surface area contributed by atoms with Gasteiger partial charge >= 0.3 is 0 Å². The Bertz CT molecular complexity index is 759. The van der Waals surface area contributed by atoms with Gasteiger partial charge in [-0.1, -0.05) is 25.1 Å². The molecule has 28 heavy (non-hydrogen) atoms. The van der Waals surface area contributed by atoms with Crippen molar-refractivity contribution in [1.82, 2.24) is 9.80 Å². The number of carbonyl (C=O) groups excluding carboxylic acids is 2. The Morgan fingerprint density at radius 2 is 1.96 bits per heavy atom. The van der Waals surface area contributed by atoms with Crippen LogP contribution < -0.4 is 4.74 Å². The Hall–Kier alpha value is -2.34. The Morgan fingerprint density at radius 3 is 2.68 bits per heavy atom. The number of imide groups is 1. The molecule has 1 aromatic rings. The molecule has 0 radical (unpaired) electrons. The first kappa shape index (κ1) is 20.4. The summed E-state index contributed by atoms with van der Waals surface area (Å²) < 4.78 is 10.9. The van der Waals surface area contributed by atoms with Crippen LogP contribution in [0.1, 0.15) is 38.7 Å². The zero-order valence-electron chi connectivity index (χ0n) is 17.1. The summed E-state index contributed by atoms with van der Waals surface area (Å²) >= 11 is 0. The van der Waals surface area contributed by atoms with Gasteiger partial charge in [-0.2, -0.15) is 0 Å². The van der Waals surface area contributed by atoms with Crippen molar-refractivity contribution >= 4 is 17.4 Å². The number of likely N-dealkylation sites (tertiary alicyclic amines) is 1. The van der Waals surface area contributed by atoms with E-state index in [0.717, 1.165) is 25.9 Å². The van der Waals surface area contributed by atoms with Crippen LogP contribution in [0.4, 0.5) is 0 Å². The third kappa shape index (κ3) is 4.07. The van der Waals surface area contributed by atoms with Crippen molar-refractivity contribution in [3.63, 3.8) is 0 Å². The SMILES string of the molecule is CCOCCCN1C(=O)C(c2ccccc2OC)=C(N2CCCC(C)C2)C1=O. The predicted molar refractivity (Wildman–Crippen MR) is 108 cm³/mol. The van der Waals surface area contributed by atoms with E-state index in [0.29, 0.717) is 54.7 Å². The van der Waals surface area contributed by atoms with Crippen molar-refractivity contribution in [2.45, 2.75) is 33.1 Å². The smallest absolute Gasteiger partial charge is 0.277 e. The fourth-order valence-corrected chi connectivity index (χ4v) is 4.02. The van der Waals surface area contributed by atoms with E-state index in [1.807, 2.05) is 31.2 Å². The Balaban J connectivity index is 1.97. The number of methoxy groups -OCH3 is 1. The molecule has 0 aromatic heterocycles. The molecule has 0 N–H and O–H groups in total. The highest BCUT2D eigenvalue weighted by atomic mass is 16.5. The van der Waals surface area contributed by atoms with Gasteiger partial charge in [0.25, 0.3) is 11.8 Å². The summed E-state index contributed by atoms with van der Waals surface area (Å²) in [6, 6.07) is 7.42. The zero-order chi connectivity index (χ0) is 20.1. The average molecular weight is 386 g/mol. The second-order valence-electron chi connectivity index (χ2n) is 7.43. The molecule has 1 unspecified atom stereocenters. The van der Waals surface area contributed by atoms with Crippen LogP contribution in [0.15, 0.2) is 30.0 Å². The number of nitrogens with zero attached hydrogens (tertiary/aromatic N) is 2. The topological polar surface area (TPSA) is 59.1 Å². The molecule has 6 nitrogen and oxygen atoms in total. The maximum absolute atomic E-state index is 13.3. The van der Waals surface area contributed by atoms with Crippen molar-refractivity contribution in [3.8, 4) is 5.75 Å². The molecule has 0 aliphatic carbocycles. The van der Waals surface area contributed by atoms with E-state index in [1.165, 1.54) is 4.90 Å². The third-order valence-corrected chi connectivity index (χ3v) is 5.37. The largest absolute Gasteiger partial charge is 0.496 e. The van der Waals surface area contributed by atoms with Crippen molar-refractivity contribution in [2.24, 2.45) is 5.92 Å². The van der Waals surface area contributed by atoms with Crippen LogP contribution >= 0.6 is 0 Å². The van der Waals surface area contributed by atoms with Gasteiger partial charge in [0.2, 0.25) is 0 Å². The van der Waals surface area contributed by atoms with Crippen molar-refractivity contribution in [2.75, 3.05) is 40.0 Å². The first-order valence-corrected chi connectivity index (χ1v) is 10.1. The number of amides is 2. The molecule has 0 bridgehead atoms. The molecule has 0 saturated carbocycles. The molecule has 3 rings (SSSR count). The summed E-state index contributed by atoms with van der Waals surface area (Å²) in [4.78, 5) is 30.1. The number of para-hydroxylation sites is 1. The lowest BCUT2D eigenvalue weighted by Gasteiger charge is -2.33. The number of ether oxygens (including phenoxy) is 2. The van der Waals surface area contributed by atoms with Gasteiger partial charge in [-0.15, -0.1) is 0 Å². The van der Waals surface area contributed by atoms with Crippen LogP contribution in [-0.2, 0) is 14.3 Å².